The molecule has 0 atom stereocenters. The number of carbonyl (C=O) groups is 1. The number of nitrogens with two attached hydrogens (primary N) is 1. The zero-order valence-electron chi connectivity index (χ0n) is 11.5. The third kappa shape index (κ3) is 5.19. The van der Waals surface area contributed by atoms with Crippen molar-refractivity contribution >= 4 is 11.6 Å². The van der Waals surface area contributed by atoms with E-state index in [1.807, 2.05) is 33.2 Å². The topological polar surface area (TPSA) is 58.4 Å². The Kier molecular flexibility index (Phi) is 5.65. The van der Waals surface area contributed by atoms with Crippen LogP contribution in [-0.4, -0.2) is 38.0 Å². The molecule has 0 aliphatic rings. The van der Waals surface area contributed by atoms with Crippen molar-refractivity contribution in [2.45, 2.75) is 19.8 Å². The third-order valence-corrected chi connectivity index (χ3v) is 2.68. The molecule has 4 nitrogen and oxygen atoms in total. The Balaban J connectivity index is 2.36. The van der Waals surface area contributed by atoms with Crippen LogP contribution in [0, 0.1) is 6.92 Å². The molecular formula is C14H23N3O. The van der Waals surface area contributed by atoms with E-state index in [0.717, 1.165) is 24.9 Å². The molecule has 1 amide bonds. The normalized spacial score (nSPS) is 10.7. The van der Waals surface area contributed by atoms with Gasteiger partial charge in [-0.1, -0.05) is 0 Å². The first kappa shape index (κ1) is 14.5. The minimum atomic E-state index is -0.0461. The number of aryl methyl sites for hydroxylation is 1. The lowest BCUT2D eigenvalue weighted by molar-refractivity contribution is 0.0952. The van der Waals surface area contributed by atoms with Crippen LogP contribution in [0.2, 0.25) is 0 Å². The maximum absolute atomic E-state index is 11.9. The lowest BCUT2D eigenvalue weighted by atomic mass is 10.1. The average Bonchev–Trinajstić information content (AvgIpc) is 2.26. The van der Waals surface area contributed by atoms with Gasteiger partial charge in [-0.05, 0) is 64.2 Å². The Morgan fingerprint density at radius 3 is 2.61 bits per heavy atom. The molecule has 0 bridgehead atoms. The minimum Gasteiger partial charge on any atom is -0.399 e. The molecule has 0 spiro atoms. The molecule has 3 N–H and O–H groups in total. The zero-order chi connectivity index (χ0) is 13.5. The van der Waals surface area contributed by atoms with Gasteiger partial charge in [-0.2, -0.15) is 0 Å². The van der Waals surface area contributed by atoms with Gasteiger partial charge in [0.2, 0.25) is 0 Å². The second-order valence-corrected chi connectivity index (χ2v) is 4.90. The van der Waals surface area contributed by atoms with Gasteiger partial charge in [0.25, 0.3) is 5.91 Å². The Hall–Kier alpha value is -1.55. The van der Waals surface area contributed by atoms with E-state index >= 15 is 0 Å². The number of amides is 1. The van der Waals surface area contributed by atoms with Gasteiger partial charge in [0.05, 0.1) is 0 Å². The Morgan fingerprint density at radius 1 is 1.28 bits per heavy atom. The first-order chi connectivity index (χ1) is 8.49. The molecule has 1 rings (SSSR count). The van der Waals surface area contributed by atoms with Crippen LogP contribution in [0.3, 0.4) is 0 Å². The second-order valence-electron chi connectivity index (χ2n) is 4.90. The highest BCUT2D eigenvalue weighted by Gasteiger charge is 2.05. The number of benzene rings is 1. The summed E-state index contributed by atoms with van der Waals surface area (Å²) in [5.41, 5.74) is 8.00. The highest BCUT2D eigenvalue weighted by molar-refractivity contribution is 5.95. The predicted octanol–water partition coefficient (Wildman–Crippen LogP) is 1.65. The number of nitrogen functional groups attached to an aromatic ring is 1. The number of nitrogens with zero attached hydrogens (tertiary/aromatic N) is 1. The zero-order valence-corrected chi connectivity index (χ0v) is 11.5. The van der Waals surface area contributed by atoms with Crippen molar-refractivity contribution in [3.05, 3.63) is 29.3 Å². The fourth-order valence-corrected chi connectivity index (χ4v) is 1.80. The first-order valence-electron chi connectivity index (χ1n) is 6.29. The van der Waals surface area contributed by atoms with Gasteiger partial charge in [-0.3, -0.25) is 4.79 Å². The van der Waals surface area contributed by atoms with E-state index in [9.17, 15) is 4.79 Å². The first-order valence-corrected chi connectivity index (χ1v) is 6.29. The van der Waals surface area contributed by atoms with E-state index in [0.29, 0.717) is 17.8 Å². The number of rotatable bonds is 6. The van der Waals surface area contributed by atoms with Gasteiger partial charge >= 0.3 is 0 Å². The van der Waals surface area contributed by atoms with E-state index in [4.69, 9.17) is 5.73 Å². The summed E-state index contributed by atoms with van der Waals surface area (Å²) in [7, 11) is 4.10. The van der Waals surface area contributed by atoms with Gasteiger partial charge < -0.3 is 16.0 Å². The van der Waals surface area contributed by atoms with Gasteiger partial charge in [0.1, 0.15) is 0 Å². The average molecular weight is 249 g/mol. The summed E-state index contributed by atoms with van der Waals surface area (Å²) in [5.74, 6) is -0.0461. The molecule has 0 aliphatic heterocycles. The van der Waals surface area contributed by atoms with Gasteiger partial charge in [-0.25, -0.2) is 0 Å². The minimum absolute atomic E-state index is 0.0461. The predicted molar refractivity (Wildman–Crippen MR) is 75.7 cm³/mol. The Labute approximate surface area is 109 Å². The maximum atomic E-state index is 11.9. The van der Waals surface area contributed by atoms with Crippen LogP contribution in [0.25, 0.3) is 0 Å². The van der Waals surface area contributed by atoms with Gasteiger partial charge in [0, 0.05) is 17.8 Å². The fourth-order valence-electron chi connectivity index (χ4n) is 1.80. The van der Waals surface area contributed by atoms with E-state index in [1.165, 1.54) is 0 Å². The number of unbranched alkanes of at least 4 members (excludes halogenated alkanes) is 1. The number of anilines is 1. The molecule has 18 heavy (non-hydrogen) atoms. The second kappa shape index (κ2) is 7.01. The van der Waals surface area contributed by atoms with Crippen LogP contribution < -0.4 is 11.1 Å². The van der Waals surface area contributed by atoms with Crippen LogP contribution in [0.1, 0.15) is 28.8 Å². The van der Waals surface area contributed by atoms with Crippen molar-refractivity contribution in [2.24, 2.45) is 0 Å². The van der Waals surface area contributed by atoms with Gasteiger partial charge in [-0.15, -0.1) is 0 Å². The highest BCUT2D eigenvalue weighted by Crippen LogP contribution is 2.11. The lowest BCUT2D eigenvalue weighted by Gasteiger charge is -2.10. The third-order valence-electron chi connectivity index (χ3n) is 2.68. The monoisotopic (exact) mass is 249 g/mol. The van der Waals surface area contributed by atoms with E-state index in [2.05, 4.69) is 10.2 Å². The molecule has 1 aromatic rings. The van der Waals surface area contributed by atoms with Crippen LogP contribution >= 0.6 is 0 Å². The number of nitrogens with one attached hydrogen (secondary N) is 1. The maximum Gasteiger partial charge on any atom is 0.251 e. The number of carbonyl (C=O) groups excluding carboxylic acids is 1. The molecule has 0 unspecified atom stereocenters. The Bertz CT molecular complexity index is 382. The van der Waals surface area contributed by atoms with Crippen molar-refractivity contribution in [1.29, 1.82) is 0 Å². The van der Waals surface area contributed by atoms with Crippen LogP contribution in [0.5, 0.6) is 0 Å². The molecule has 4 heteroatoms. The molecule has 0 fully saturated rings. The molecular weight excluding hydrogens is 226 g/mol. The molecule has 0 aromatic heterocycles. The summed E-state index contributed by atoms with van der Waals surface area (Å²) in [6.45, 7) is 3.69. The van der Waals surface area contributed by atoms with Gasteiger partial charge in [0.15, 0.2) is 0 Å². The molecule has 0 aliphatic carbocycles. The molecule has 0 saturated heterocycles. The molecule has 100 valence electrons. The molecule has 0 saturated carbocycles. The largest absolute Gasteiger partial charge is 0.399 e. The summed E-state index contributed by atoms with van der Waals surface area (Å²) in [6.07, 6.45) is 2.08. The molecule has 0 radical (unpaired) electrons. The number of hydrogen-bond acceptors (Lipinski definition) is 3. The van der Waals surface area contributed by atoms with Crippen LogP contribution in [-0.2, 0) is 0 Å². The summed E-state index contributed by atoms with van der Waals surface area (Å²) >= 11 is 0. The SMILES string of the molecule is Cc1cc(N)cc(C(=O)NCCCCN(C)C)c1. The van der Waals surface area contributed by atoms with E-state index in [-0.39, 0.29) is 5.91 Å². The van der Waals surface area contributed by atoms with Crippen molar-refractivity contribution in [3.63, 3.8) is 0 Å². The summed E-state index contributed by atoms with van der Waals surface area (Å²) in [4.78, 5) is 14.0. The quantitative estimate of drug-likeness (QED) is 0.595. The summed E-state index contributed by atoms with van der Waals surface area (Å²) in [5, 5.41) is 2.91. The van der Waals surface area contributed by atoms with Crippen molar-refractivity contribution in [3.8, 4) is 0 Å². The Morgan fingerprint density at radius 2 is 2.00 bits per heavy atom. The highest BCUT2D eigenvalue weighted by atomic mass is 16.1. The van der Waals surface area contributed by atoms with Crippen LogP contribution in [0.15, 0.2) is 18.2 Å². The fraction of sp³-hybridized carbons (Fsp3) is 0.500. The van der Waals surface area contributed by atoms with Crippen molar-refractivity contribution in [1.82, 2.24) is 10.2 Å². The number of hydrogen-bond donors (Lipinski definition) is 2. The summed E-state index contributed by atoms with van der Waals surface area (Å²) in [6, 6.07) is 5.42. The molecule has 0 heterocycles. The van der Waals surface area contributed by atoms with E-state index in [1.54, 1.807) is 6.07 Å². The molecule has 1 aromatic carbocycles. The van der Waals surface area contributed by atoms with Crippen molar-refractivity contribution in [2.75, 3.05) is 32.9 Å². The van der Waals surface area contributed by atoms with Crippen LogP contribution in [0.4, 0.5) is 5.69 Å². The summed E-state index contributed by atoms with van der Waals surface area (Å²) < 4.78 is 0. The van der Waals surface area contributed by atoms with Crippen molar-refractivity contribution < 1.29 is 4.79 Å². The van der Waals surface area contributed by atoms with E-state index < -0.39 is 0 Å². The smallest absolute Gasteiger partial charge is 0.251 e. The standard InChI is InChI=1S/C14H23N3O/c1-11-8-12(10-13(15)9-11)14(18)16-6-4-5-7-17(2)3/h8-10H,4-7,15H2,1-3H3,(H,16,18). The lowest BCUT2D eigenvalue weighted by Crippen LogP contribution is -2.25.